The van der Waals surface area contributed by atoms with Gasteiger partial charge in [0.05, 0.1) is 5.56 Å². The molecule has 0 fully saturated rings. The number of alkyl halides is 1. The Morgan fingerprint density at radius 2 is 2.19 bits per heavy atom. The van der Waals surface area contributed by atoms with Crippen molar-refractivity contribution in [2.24, 2.45) is 0 Å². The molecule has 0 aliphatic heterocycles. The first-order valence-corrected chi connectivity index (χ1v) is 5.97. The Hall–Kier alpha value is -1.40. The van der Waals surface area contributed by atoms with Crippen LogP contribution in [-0.2, 0) is 6.42 Å². The number of nitrogens with zero attached hydrogens (tertiary/aromatic N) is 1. The van der Waals surface area contributed by atoms with Crippen LogP contribution in [0, 0.1) is 23.2 Å². The minimum Gasteiger partial charge on any atom is -0.207 e. The van der Waals surface area contributed by atoms with Crippen LogP contribution < -0.4 is 0 Å². The Bertz CT molecular complexity index is 572. The standard InChI is InChI=1S/C13H8BrFN/c14-6-5-9-1-2-10(8-16)13-7-11(15)3-4-12(9)13/h1,3-4,7H,5-6H2. The van der Waals surface area contributed by atoms with Crippen LogP contribution in [0.4, 0.5) is 4.39 Å². The Morgan fingerprint density at radius 3 is 2.88 bits per heavy atom. The molecular formula is C13H8BrFN. The molecule has 0 heterocycles. The van der Waals surface area contributed by atoms with Gasteiger partial charge in [0.2, 0.25) is 0 Å². The van der Waals surface area contributed by atoms with Crippen LogP contribution in [0.25, 0.3) is 10.8 Å². The van der Waals surface area contributed by atoms with Crippen LogP contribution >= 0.6 is 15.9 Å². The molecule has 1 radical (unpaired) electrons. The van der Waals surface area contributed by atoms with E-state index in [0.29, 0.717) is 10.9 Å². The summed E-state index contributed by atoms with van der Waals surface area (Å²) in [6.07, 6.45) is 0.838. The summed E-state index contributed by atoms with van der Waals surface area (Å²) in [5.41, 5.74) is 1.47. The first kappa shape index (κ1) is 11.1. The largest absolute Gasteiger partial charge is 0.207 e. The lowest BCUT2D eigenvalue weighted by Crippen LogP contribution is -1.91. The van der Waals surface area contributed by atoms with Crippen molar-refractivity contribution in [2.45, 2.75) is 6.42 Å². The molecule has 0 saturated heterocycles. The van der Waals surface area contributed by atoms with E-state index in [0.717, 1.165) is 22.7 Å². The van der Waals surface area contributed by atoms with Crippen LogP contribution in [-0.4, -0.2) is 5.33 Å². The molecule has 2 aromatic rings. The summed E-state index contributed by atoms with van der Waals surface area (Å²) in [6, 6.07) is 11.3. The summed E-state index contributed by atoms with van der Waals surface area (Å²) < 4.78 is 13.1. The van der Waals surface area contributed by atoms with Gasteiger partial charge in [-0.25, -0.2) is 4.39 Å². The van der Waals surface area contributed by atoms with Gasteiger partial charge >= 0.3 is 0 Å². The fourth-order valence-electron chi connectivity index (χ4n) is 1.72. The highest BCUT2D eigenvalue weighted by molar-refractivity contribution is 9.09. The summed E-state index contributed by atoms with van der Waals surface area (Å²) in [7, 11) is 0. The zero-order valence-electron chi connectivity index (χ0n) is 8.43. The molecule has 0 unspecified atom stereocenters. The fourth-order valence-corrected chi connectivity index (χ4v) is 2.15. The van der Waals surface area contributed by atoms with Crippen molar-refractivity contribution in [1.82, 2.24) is 0 Å². The number of nitriles is 1. The van der Waals surface area contributed by atoms with Gasteiger partial charge in [-0.15, -0.1) is 0 Å². The first-order valence-electron chi connectivity index (χ1n) is 4.85. The highest BCUT2D eigenvalue weighted by atomic mass is 79.9. The third-order valence-electron chi connectivity index (χ3n) is 2.46. The number of hydrogen-bond acceptors (Lipinski definition) is 1. The molecule has 0 aromatic heterocycles. The number of benzene rings is 2. The topological polar surface area (TPSA) is 23.8 Å². The van der Waals surface area contributed by atoms with E-state index >= 15 is 0 Å². The van der Waals surface area contributed by atoms with Crippen LogP contribution in [0.1, 0.15) is 11.1 Å². The molecule has 0 amide bonds. The summed E-state index contributed by atoms with van der Waals surface area (Å²) in [5, 5.41) is 11.3. The molecule has 0 spiro atoms. The molecule has 0 atom stereocenters. The number of hydrogen-bond donors (Lipinski definition) is 0. The number of halogens is 2. The van der Waals surface area contributed by atoms with Gasteiger partial charge in [-0.05, 0) is 35.6 Å². The van der Waals surface area contributed by atoms with Crippen LogP contribution in [0.15, 0.2) is 24.3 Å². The lowest BCUT2D eigenvalue weighted by molar-refractivity contribution is 0.629. The number of fused-ring (bicyclic) bond motifs is 1. The lowest BCUT2D eigenvalue weighted by Gasteiger charge is -2.06. The maximum absolute atomic E-state index is 13.1. The highest BCUT2D eigenvalue weighted by Crippen LogP contribution is 2.24. The molecule has 0 aliphatic carbocycles. The summed E-state index contributed by atoms with van der Waals surface area (Å²) in [5.74, 6) is -0.326. The molecule has 16 heavy (non-hydrogen) atoms. The molecular weight excluding hydrogens is 269 g/mol. The van der Waals surface area contributed by atoms with Crippen molar-refractivity contribution < 1.29 is 4.39 Å². The van der Waals surface area contributed by atoms with Gasteiger partial charge in [-0.2, -0.15) is 5.26 Å². The number of rotatable bonds is 2. The predicted octanol–water partition coefficient (Wildman–Crippen LogP) is 3.59. The fraction of sp³-hybridized carbons (Fsp3) is 0.154. The van der Waals surface area contributed by atoms with Crippen LogP contribution in [0.3, 0.4) is 0 Å². The van der Waals surface area contributed by atoms with Gasteiger partial charge in [-0.1, -0.05) is 22.0 Å². The second-order valence-corrected chi connectivity index (χ2v) is 4.22. The SMILES string of the molecule is N#Cc1[c]cc(CCBr)c2ccc(F)cc12. The van der Waals surface area contributed by atoms with Crippen molar-refractivity contribution in [3.63, 3.8) is 0 Å². The normalized spacial score (nSPS) is 10.3. The molecule has 0 aliphatic rings. The minimum absolute atomic E-state index is 0.326. The molecule has 1 nitrogen and oxygen atoms in total. The van der Waals surface area contributed by atoms with E-state index in [1.807, 2.05) is 6.07 Å². The third-order valence-corrected chi connectivity index (χ3v) is 2.86. The zero-order chi connectivity index (χ0) is 11.5. The Balaban J connectivity index is 2.76. The van der Waals surface area contributed by atoms with Crippen LogP contribution in [0.2, 0.25) is 0 Å². The first-order chi connectivity index (χ1) is 7.76. The second kappa shape index (κ2) is 4.63. The molecule has 79 valence electrons. The van der Waals surface area contributed by atoms with E-state index in [2.05, 4.69) is 22.0 Å². The van der Waals surface area contributed by atoms with Crippen molar-refractivity contribution in [3.8, 4) is 6.07 Å². The minimum atomic E-state index is -0.326. The van der Waals surface area contributed by atoms with Gasteiger partial charge in [0.25, 0.3) is 0 Å². The quantitative estimate of drug-likeness (QED) is 0.769. The van der Waals surface area contributed by atoms with E-state index < -0.39 is 0 Å². The molecule has 0 bridgehead atoms. The van der Waals surface area contributed by atoms with Gasteiger partial charge in [0.15, 0.2) is 0 Å². The monoisotopic (exact) mass is 276 g/mol. The van der Waals surface area contributed by atoms with Crippen molar-refractivity contribution in [1.29, 1.82) is 5.26 Å². The highest BCUT2D eigenvalue weighted by Gasteiger charge is 2.06. The average Bonchev–Trinajstić information content (AvgIpc) is 2.29. The predicted molar refractivity (Wildman–Crippen MR) is 65.0 cm³/mol. The van der Waals surface area contributed by atoms with E-state index in [9.17, 15) is 4.39 Å². The molecule has 2 aromatic carbocycles. The van der Waals surface area contributed by atoms with E-state index in [-0.39, 0.29) is 5.82 Å². The lowest BCUT2D eigenvalue weighted by atomic mass is 9.99. The van der Waals surface area contributed by atoms with Gasteiger partial charge in [0.1, 0.15) is 11.9 Å². The smallest absolute Gasteiger partial charge is 0.123 e. The van der Waals surface area contributed by atoms with Gasteiger partial charge < -0.3 is 0 Å². The summed E-state index contributed by atoms with van der Waals surface area (Å²) in [4.78, 5) is 0. The van der Waals surface area contributed by atoms with Crippen molar-refractivity contribution in [3.05, 3.63) is 47.3 Å². The Kier molecular flexibility index (Phi) is 3.21. The maximum Gasteiger partial charge on any atom is 0.123 e. The number of aryl methyl sites for hydroxylation is 1. The summed E-state index contributed by atoms with van der Waals surface area (Å²) >= 11 is 3.37. The van der Waals surface area contributed by atoms with Gasteiger partial charge in [0, 0.05) is 16.8 Å². The van der Waals surface area contributed by atoms with Crippen molar-refractivity contribution in [2.75, 3.05) is 5.33 Å². The van der Waals surface area contributed by atoms with Crippen molar-refractivity contribution >= 4 is 26.7 Å². The Morgan fingerprint density at radius 1 is 1.38 bits per heavy atom. The molecule has 3 heteroatoms. The molecule has 0 saturated carbocycles. The van der Waals surface area contributed by atoms with E-state index in [1.165, 1.54) is 12.1 Å². The summed E-state index contributed by atoms with van der Waals surface area (Å²) in [6.45, 7) is 0. The maximum atomic E-state index is 13.1. The molecule has 2 rings (SSSR count). The average molecular weight is 277 g/mol. The third kappa shape index (κ3) is 1.94. The Labute approximate surface area is 102 Å². The second-order valence-electron chi connectivity index (χ2n) is 3.43. The van der Waals surface area contributed by atoms with E-state index in [4.69, 9.17) is 5.26 Å². The van der Waals surface area contributed by atoms with Crippen LogP contribution in [0.5, 0.6) is 0 Å². The van der Waals surface area contributed by atoms with E-state index in [1.54, 1.807) is 12.1 Å². The van der Waals surface area contributed by atoms with Gasteiger partial charge in [-0.3, -0.25) is 0 Å². The zero-order valence-corrected chi connectivity index (χ0v) is 10.0. The molecule has 0 N–H and O–H groups in total.